The molecule has 2 rings (SSSR count). The molecule has 5 heteroatoms. The first kappa shape index (κ1) is 8.77. The lowest BCUT2D eigenvalue weighted by molar-refractivity contribution is 1.05. The van der Waals surface area contributed by atoms with Crippen molar-refractivity contribution < 1.29 is 0 Å². The molecule has 0 N–H and O–H groups in total. The van der Waals surface area contributed by atoms with E-state index in [1.807, 2.05) is 12.3 Å². The third-order valence-electron chi connectivity index (χ3n) is 1.55. The molecule has 0 fully saturated rings. The lowest BCUT2D eigenvalue weighted by atomic mass is 10.3. The molecule has 2 heterocycles. The van der Waals surface area contributed by atoms with Crippen molar-refractivity contribution in [2.45, 2.75) is 6.92 Å². The number of aryl methyl sites for hydroxylation is 1. The highest BCUT2D eigenvalue weighted by Gasteiger charge is 2.02. The molecule has 0 radical (unpaired) electrons. The monoisotopic (exact) mass is 255 g/mol. The number of nitrogens with zero attached hydrogens (tertiary/aromatic N) is 3. The molecule has 13 heavy (non-hydrogen) atoms. The fourth-order valence-corrected chi connectivity index (χ4v) is 1.93. The van der Waals surface area contributed by atoms with Crippen LogP contribution in [0.1, 0.15) is 5.82 Å². The summed E-state index contributed by atoms with van der Waals surface area (Å²) >= 11 is 4.86. The molecule has 66 valence electrons. The first-order chi connectivity index (χ1) is 6.25. The van der Waals surface area contributed by atoms with Gasteiger partial charge in [-0.05, 0) is 22.9 Å². The molecule has 0 amide bonds. The Kier molecular flexibility index (Phi) is 2.37. The standard InChI is InChI=1S/C8H6BrN3S/c1-5-10-2-6(3-11-5)7-4-13-8(9)12-7/h2-4H,1H3. The Hall–Kier alpha value is -0.810. The van der Waals surface area contributed by atoms with Crippen molar-refractivity contribution in [3.63, 3.8) is 0 Å². The average molecular weight is 256 g/mol. The predicted molar refractivity (Wildman–Crippen MR) is 55.6 cm³/mol. The van der Waals surface area contributed by atoms with Gasteiger partial charge in [0.2, 0.25) is 0 Å². The Balaban J connectivity index is 2.41. The molecule has 0 atom stereocenters. The third kappa shape index (κ3) is 1.92. The SMILES string of the molecule is Cc1ncc(-c2csc(Br)n2)cn1. The van der Waals surface area contributed by atoms with Gasteiger partial charge in [-0.2, -0.15) is 0 Å². The van der Waals surface area contributed by atoms with E-state index in [1.54, 1.807) is 23.7 Å². The van der Waals surface area contributed by atoms with Crippen molar-refractivity contribution >= 4 is 27.3 Å². The van der Waals surface area contributed by atoms with Crippen LogP contribution in [-0.4, -0.2) is 15.0 Å². The minimum absolute atomic E-state index is 0.776. The summed E-state index contributed by atoms with van der Waals surface area (Å²) in [6.07, 6.45) is 3.56. The van der Waals surface area contributed by atoms with Gasteiger partial charge in [-0.1, -0.05) is 0 Å². The van der Waals surface area contributed by atoms with E-state index < -0.39 is 0 Å². The van der Waals surface area contributed by atoms with E-state index in [4.69, 9.17) is 0 Å². The van der Waals surface area contributed by atoms with E-state index in [2.05, 4.69) is 30.9 Å². The summed E-state index contributed by atoms with van der Waals surface area (Å²) in [4.78, 5) is 12.5. The van der Waals surface area contributed by atoms with Crippen molar-refractivity contribution in [1.29, 1.82) is 0 Å². The number of hydrogen-bond acceptors (Lipinski definition) is 4. The van der Waals surface area contributed by atoms with Crippen LogP contribution in [0.3, 0.4) is 0 Å². The molecular weight excluding hydrogens is 250 g/mol. The van der Waals surface area contributed by atoms with Gasteiger partial charge >= 0.3 is 0 Å². The third-order valence-corrected chi connectivity index (χ3v) is 2.92. The zero-order valence-corrected chi connectivity index (χ0v) is 9.26. The van der Waals surface area contributed by atoms with Crippen molar-refractivity contribution in [3.05, 3.63) is 27.5 Å². The van der Waals surface area contributed by atoms with Gasteiger partial charge in [0.1, 0.15) is 5.82 Å². The van der Waals surface area contributed by atoms with Crippen LogP contribution in [0.2, 0.25) is 0 Å². The molecule has 2 aromatic rings. The second kappa shape index (κ2) is 3.51. The van der Waals surface area contributed by atoms with Crippen LogP contribution in [-0.2, 0) is 0 Å². The summed E-state index contributed by atoms with van der Waals surface area (Å²) in [5.74, 6) is 0.776. The maximum Gasteiger partial charge on any atom is 0.159 e. The Labute approximate surface area is 88.0 Å². The summed E-state index contributed by atoms with van der Waals surface area (Å²) in [5.41, 5.74) is 1.87. The van der Waals surface area contributed by atoms with Crippen molar-refractivity contribution in [2.24, 2.45) is 0 Å². The van der Waals surface area contributed by atoms with Gasteiger partial charge in [-0.15, -0.1) is 11.3 Å². The van der Waals surface area contributed by atoms with Crippen molar-refractivity contribution in [1.82, 2.24) is 15.0 Å². The molecule has 0 aliphatic carbocycles. The number of rotatable bonds is 1. The molecule has 0 spiro atoms. The van der Waals surface area contributed by atoms with E-state index >= 15 is 0 Å². The topological polar surface area (TPSA) is 38.7 Å². The highest BCUT2D eigenvalue weighted by molar-refractivity contribution is 9.11. The maximum atomic E-state index is 4.27. The Morgan fingerprint density at radius 1 is 1.31 bits per heavy atom. The van der Waals surface area contributed by atoms with Crippen LogP contribution in [0.4, 0.5) is 0 Å². The van der Waals surface area contributed by atoms with Gasteiger partial charge in [0.25, 0.3) is 0 Å². The number of hydrogen-bond donors (Lipinski definition) is 0. The van der Waals surface area contributed by atoms with Gasteiger partial charge in [-0.25, -0.2) is 15.0 Å². The second-order valence-electron chi connectivity index (χ2n) is 2.50. The van der Waals surface area contributed by atoms with Gasteiger partial charge < -0.3 is 0 Å². The van der Waals surface area contributed by atoms with Gasteiger partial charge in [-0.3, -0.25) is 0 Å². The van der Waals surface area contributed by atoms with Gasteiger partial charge in [0.15, 0.2) is 3.92 Å². The molecule has 0 saturated carbocycles. The average Bonchev–Trinajstić information content (AvgIpc) is 2.53. The molecule has 0 bridgehead atoms. The zero-order chi connectivity index (χ0) is 9.26. The van der Waals surface area contributed by atoms with Crippen LogP contribution in [0.5, 0.6) is 0 Å². The first-order valence-electron chi connectivity index (χ1n) is 3.66. The molecular formula is C8H6BrN3S. The molecule has 2 aromatic heterocycles. The largest absolute Gasteiger partial charge is 0.241 e. The van der Waals surface area contributed by atoms with Crippen LogP contribution in [0, 0.1) is 6.92 Å². The summed E-state index contributed by atoms with van der Waals surface area (Å²) in [6, 6.07) is 0. The van der Waals surface area contributed by atoms with Crippen molar-refractivity contribution in [2.75, 3.05) is 0 Å². The number of thiazole rings is 1. The van der Waals surface area contributed by atoms with E-state index in [9.17, 15) is 0 Å². The molecule has 0 unspecified atom stereocenters. The predicted octanol–water partition coefficient (Wildman–Crippen LogP) is 2.67. The van der Waals surface area contributed by atoms with E-state index in [-0.39, 0.29) is 0 Å². The van der Waals surface area contributed by atoms with Gasteiger partial charge in [0.05, 0.1) is 5.69 Å². The maximum absolute atomic E-state index is 4.27. The van der Waals surface area contributed by atoms with Crippen LogP contribution >= 0.6 is 27.3 Å². The summed E-state index contributed by atoms with van der Waals surface area (Å²) in [7, 11) is 0. The molecule has 0 aliphatic heterocycles. The Bertz CT molecular complexity index is 410. The fourth-order valence-electron chi connectivity index (χ4n) is 0.909. The van der Waals surface area contributed by atoms with Crippen LogP contribution in [0.15, 0.2) is 21.7 Å². The molecule has 3 nitrogen and oxygen atoms in total. The molecule has 0 aromatic carbocycles. The number of halogens is 1. The minimum atomic E-state index is 0.776. The lowest BCUT2D eigenvalue weighted by Gasteiger charge is -1.94. The van der Waals surface area contributed by atoms with Crippen LogP contribution < -0.4 is 0 Å². The highest BCUT2D eigenvalue weighted by atomic mass is 79.9. The fraction of sp³-hybridized carbons (Fsp3) is 0.125. The normalized spacial score (nSPS) is 10.3. The number of aromatic nitrogens is 3. The van der Waals surface area contributed by atoms with Crippen LogP contribution in [0.25, 0.3) is 11.3 Å². The molecule has 0 aliphatic rings. The minimum Gasteiger partial charge on any atom is -0.241 e. The quantitative estimate of drug-likeness (QED) is 0.787. The first-order valence-corrected chi connectivity index (χ1v) is 5.33. The van der Waals surface area contributed by atoms with Gasteiger partial charge in [0, 0.05) is 23.3 Å². The Morgan fingerprint density at radius 2 is 2.00 bits per heavy atom. The summed E-state index contributed by atoms with van der Waals surface area (Å²) in [5, 5.41) is 1.97. The summed E-state index contributed by atoms with van der Waals surface area (Å²) < 4.78 is 0.878. The van der Waals surface area contributed by atoms with E-state index in [1.165, 1.54) is 0 Å². The zero-order valence-electron chi connectivity index (χ0n) is 6.86. The van der Waals surface area contributed by atoms with Crippen molar-refractivity contribution in [3.8, 4) is 11.3 Å². The summed E-state index contributed by atoms with van der Waals surface area (Å²) in [6.45, 7) is 1.86. The van der Waals surface area contributed by atoms with E-state index in [0.29, 0.717) is 0 Å². The molecule has 0 saturated heterocycles. The lowest BCUT2D eigenvalue weighted by Crippen LogP contribution is -1.87. The highest BCUT2D eigenvalue weighted by Crippen LogP contribution is 2.23. The second-order valence-corrected chi connectivity index (χ2v) is 4.64. The van der Waals surface area contributed by atoms with E-state index in [0.717, 1.165) is 21.0 Å². The smallest absolute Gasteiger partial charge is 0.159 e. The Morgan fingerprint density at radius 3 is 2.54 bits per heavy atom.